The molecular formula is C17H20N6OS. The second-order valence-electron chi connectivity index (χ2n) is 6.26. The van der Waals surface area contributed by atoms with Crippen LogP contribution in [0.15, 0.2) is 30.6 Å². The molecule has 8 heteroatoms. The highest BCUT2D eigenvalue weighted by molar-refractivity contribution is 7.16. The van der Waals surface area contributed by atoms with Crippen molar-refractivity contribution in [1.29, 1.82) is 0 Å². The van der Waals surface area contributed by atoms with Gasteiger partial charge in [-0.05, 0) is 24.6 Å². The van der Waals surface area contributed by atoms with Crippen molar-refractivity contribution in [1.82, 2.24) is 24.7 Å². The molecule has 0 bridgehead atoms. The van der Waals surface area contributed by atoms with Crippen molar-refractivity contribution in [2.24, 2.45) is 0 Å². The summed E-state index contributed by atoms with van der Waals surface area (Å²) in [6.45, 7) is 5.42. The lowest BCUT2D eigenvalue weighted by molar-refractivity contribution is -0.131. The fraction of sp³-hybridized carbons (Fsp3) is 0.412. The Bertz CT molecular complexity index is 852. The number of aryl methyl sites for hydroxylation is 2. The molecule has 25 heavy (non-hydrogen) atoms. The normalized spacial score (nSPS) is 15.1. The summed E-state index contributed by atoms with van der Waals surface area (Å²) < 4.78 is 1.66. The summed E-state index contributed by atoms with van der Waals surface area (Å²) in [6, 6.07) is 8.53. The number of nitrogens with zero attached hydrogens (tertiary/aromatic N) is 6. The molecule has 0 atom stereocenters. The molecule has 2 aromatic heterocycles. The van der Waals surface area contributed by atoms with Crippen molar-refractivity contribution in [3.05, 3.63) is 41.2 Å². The predicted molar refractivity (Wildman–Crippen MR) is 97.0 cm³/mol. The molecule has 0 radical (unpaired) electrons. The van der Waals surface area contributed by atoms with Crippen molar-refractivity contribution in [2.45, 2.75) is 19.8 Å². The average Bonchev–Trinajstić information content (AvgIpc) is 3.21. The first-order chi connectivity index (χ1) is 12.2. The molecule has 1 aromatic carbocycles. The number of aromatic nitrogens is 4. The minimum atomic E-state index is 0.204. The van der Waals surface area contributed by atoms with Crippen LogP contribution in [0.3, 0.4) is 0 Å². The minimum Gasteiger partial charge on any atom is -0.368 e. The molecule has 0 saturated carbocycles. The highest BCUT2D eigenvalue weighted by atomic mass is 32.1. The van der Waals surface area contributed by atoms with Crippen LogP contribution in [0.4, 0.5) is 5.69 Å². The van der Waals surface area contributed by atoms with Crippen molar-refractivity contribution < 1.29 is 4.79 Å². The van der Waals surface area contributed by atoms with Gasteiger partial charge in [0.15, 0.2) is 0 Å². The first-order valence-corrected chi connectivity index (χ1v) is 9.26. The monoisotopic (exact) mass is 356 g/mol. The maximum absolute atomic E-state index is 12.5. The van der Waals surface area contributed by atoms with Gasteiger partial charge in [0.2, 0.25) is 10.9 Å². The summed E-state index contributed by atoms with van der Waals surface area (Å²) in [5, 5.41) is 13.1. The van der Waals surface area contributed by atoms with Crippen LogP contribution in [-0.2, 0) is 11.2 Å². The van der Waals surface area contributed by atoms with E-state index in [1.807, 2.05) is 4.90 Å². The van der Waals surface area contributed by atoms with Crippen molar-refractivity contribution in [3.8, 4) is 0 Å². The third-order valence-electron chi connectivity index (χ3n) is 4.48. The van der Waals surface area contributed by atoms with Crippen molar-refractivity contribution in [2.75, 3.05) is 31.1 Å². The first-order valence-electron chi connectivity index (χ1n) is 8.44. The van der Waals surface area contributed by atoms with Crippen LogP contribution in [0, 0.1) is 6.92 Å². The van der Waals surface area contributed by atoms with Crippen LogP contribution in [-0.4, -0.2) is 56.8 Å². The van der Waals surface area contributed by atoms with Crippen LogP contribution in [0.2, 0.25) is 0 Å². The molecule has 1 aliphatic rings. The van der Waals surface area contributed by atoms with Gasteiger partial charge >= 0.3 is 0 Å². The average molecular weight is 356 g/mol. The number of hydrogen-bond donors (Lipinski definition) is 0. The summed E-state index contributed by atoms with van der Waals surface area (Å²) in [5.41, 5.74) is 2.51. The molecular weight excluding hydrogens is 336 g/mol. The Balaban J connectivity index is 1.29. The Hall–Kier alpha value is -2.48. The summed E-state index contributed by atoms with van der Waals surface area (Å²) in [4.78, 5) is 17.6. The van der Waals surface area contributed by atoms with Crippen LogP contribution < -0.4 is 4.90 Å². The molecule has 1 amide bonds. The minimum absolute atomic E-state index is 0.204. The standard InChI is InChI=1S/C17H20N6OS/c1-13-3-2-4-14(11-13)21-7-9-22(10-8-21)16(24)6-5-15-20-23-12-18-19-17(23)25-15/h2-4,11-12H,5-10H2,1H3. The van der Waals surface area contributed by atoms with Gasteiger partial charge in [-0.15, -0.1) is 10.2 Å². The van der Waals surface area contributed by atoms with Gasteiger partial charge in [-0.3, -0.25) is 4.79 Å². The first kappa shape index (κ1) is 16.0. The number of rotatable bonds is 4. The van der Waals surface area contributed by atoms with E-state index in [1.54, 1.807) is 10.8 Å². The third kappa shape index (κ3) is 3.48. The summed E-state index contributed by atoms with van der Waals surface area (Å²) in [5.74, 6) is 0.204. The molecule has 130 valence electrons. The summed E-state index contributed by atoms with van der Waals surface area (Å²) in [7, 11) is 0. The maximum Gasteiger partial charge on any atom is 0.234 e. The zero-order valence-electron chi connectivity index (χ0n) is 14.1. The van der Waals surface area contributed by atoms with E-state index in [2.05, 4.69) is 51.4 Å². The molecule has 7 nitrogen and oxygen atoms in total. The van der Waals surface area contributed by atoms with Crippen molar-refractivity contribution >= 4 is 27.9 Å². The zero-order chi connectivity index (χ0) is 17.2. The Kier molecular flexibility index (Phi) is 4.35. The molecule has 4 rings (SSSR count). The Morgan fingerprint density at radius 2 is 2.08 bits per heavy atom. The molecule has 0 N–H and O–H groups in total. The maximum atomic E-state index is 12.5. The Morgan fingerprint density at radius 1 is 1.24 bits per heavy atom. The smallest absolute Gasteiger partial charge is 0.234 e. The highest BCUT2D eigenvalue weighted by Gasteiger charge is 2.21. The molecule has 0 unspecified atom stereocenters. The number of fused-ring (bicyclic) bond motifs is 1. The zero-order valence-corrected chi connectivity index (χ0v) is 14.9. The van der Waals surface area contributed by atoms with E-state index in [1.165, 1.54) is 22.6 Å². The van der Waals surface area contributed by atoms with Gasteiger partial charge in [-0.25, -0.2) is 0 Å². The van der Waals surface area contributed by atoms with Gasteiger partial charge in [0.25, 0.3) is 0 Å². The fourth-order valence-electron chi connectivity index (χ4n) is 3.11. The highest BCUT2D eigenvalue weighted by Crippen LogP contribution is 2.19. The lowest BCUT2D eigenvalue weighted by atomic mass is 10.2. The Morgan fingerprint density at radius 3 is 2.84 bits per heavy atom. The lowest BCUT2D eigenvalue weighted by Crippen LogP contribution is -2.48. The SMILES string of the molecule is Cc1cccc(N2CCN(C(=O)CCc3nn4cnnc4s3)CC2)c1. The van der Waals surface area contributed by atoms with E-state index < -0.39 is 0 Å². The number of carbonyl (C=O) groups is 1. The Labute approximate surface area is 149 Å². The number of benzene rings is 1. The topological polar surface area (TPSA) is 66.6 Å². The van der Waals surface area contributed by atoms with E-state index in [0.29, 0.717) is 12.8 Å². The van der Waals surface area contributed by atoms with Crippen LogP contribution >= 0.6 is 11.3 Å². The number of carbonyl (C=O) groups excluding carboxylic acids is 1. The van der Waals surface area contributed by atoms with E-state index in [0.717, 1.165) is 36.1 Å². The molecule has 1 fully saturated rings. The van der Waals surface area contributed by atoms with Gasteiger partial charge in [0.1, 0.15) is 11.3 Å². The van der Waals surface area contributed by atoms with E-state index in [9.17, 15) is 4.79 Å². The molecule has 3 heterocycles. The summed E-state index contributed by atoms with van der Waals surface area (Å²) >= 11 is 1.49. The van der Waals surface area contributed by atoms with E-state index >= 15 is 0 Å². The van der Waals surface area contributed by atoms with Crippen LogP contribution in [0.25, 0.3) is 4.96 Å². The van der Waals surface area contributed by atoms with Gasteiger partial charge in [-0.2, -0.15) is 9.61 Å². The van der Waals surface area contributed by atoms with E-state index in [4.69, 9.17) is 0 Å². The van der Waals surface area contributed by atoms with Gasteiger partial charge in [0.05, 0.1) is 0 Å². The second kappa shape index (κ2) is 6.79. The van der Waals surface area contributed by atoms with Crippen LogP contribution in [0.1, 0.15) is 17.0 Å². The molecule has 1 aliphatic heterocycles. The quantitative estimate of drug-likeness (QED) is 0.713. The number of piperazine rings is 1. The lowest BCUT2D eigenvalue weighted by Gasteiger charge is -2.36. The summed E-state index contributed by atoms with van der Waals surface area (Å²) in [6.07, 6.45) is 2.74. The van der Waals surface area contributed by atoms with Gasteiger partial charge in [0, 0.05) is 44.7 Å². The molecule has 0 spiro atoms. The van der Waals surface area contributed by atoms with Gasteiger partial charge in [-0.1, -0.05) is 23.5 Å². The molecule has 1 saturated heterocycles. The second-order valence-corrected chi connectivity index (χ2v) is 7.30. The number of amides is 1. The number of anilines is 1. The third-order valence-corrected chi connectivity index (χ3v) is 5.45. The predicted octanol–water partition coefficient (Wildman–Crippen LogP) is 1.78. The number of hydrogen-bond acceptors (Lipinski definition) is 6. The van der Waals surface area contributed by atoms with Crippen molar-refractivity contribution in [3.63, 3.8) is 0 Å². The van der Waals surface area contributed by atoms with E-state index in [-0.39, 0.29) is 5.91 Å². The molecule has 0 aliphatic carbocycles. The van der Waals surface area contributed by atoms with Gasteiger partial charge < -0.3 is 9.80 Å². The largest absolute Gasteiger partial charge is 0.368 e. The molecule has 3 aromatic rings. The van der Waals surface area contributed by atoms with Crippen LogP contribution in [0.5, 0.6) is 0 Å². The fourth-order valence-corrected chi connectivity index (χ4v) is 3.93.